The predicted molar refractivity (Wildman–Crippen MR) is 96.7 cm³/mol. The van der Waals surface area contributed by atoms with Crippen LogP contribution < -0.4 is 10.3 Å². The number of rotatable bonds is 4. The van der Waals surface area contributed by atoms with Crippen LogP contribution in [0.2, 0.25) is 0 Å². The molecule has 138 valence electrons. The first-order chi connectivity index (χ1) is 13.2. The second kappa shape index (κ2) is 7.24. The van der Waals surface area contributed by atoms with Crippen molar-refractivity contribution in [3.05, 3.63) is 69.9 Å². The van der Waals surface area contributed by atoms with Crippen LogP contribution in [0.3, 0.4) is 0 Å². The van der Waals surface area contributed by atoms with Gasteiger partial charge in [-0.1, -0.05) is 6.07 Å². The Balaban J connectivity index is 1.63. The number of fused-ring (bicyclic) bond motifs is 1. The summed E-state index contributed by atoms with van der Waals surface area (Å²) < 4.78 is 19.5. The quantitative estimate of drug-likeness (QED) is 0.759. The Labute approximate surface area is 154 Å². The van der Waals surface area contributed by atoms with Gasteiger partial charge in [-0.2, -0.15) is 0 Å². The molecule has 27 heavy (non-hydrogen) atoms. The molecule has 0 spiro atoms. The van der Waals surface area contributed by atoms with Crippen LogP contribution in [-0.2, 0) is 19.5 Å². The van der Waals surface area contributed by atoms with E-state index in [0.29, 0.717) is 60.0 Å². The zero-order chi connectivity index (χ0) is 18.8. The summed E-state index contributed by atoms with van der Waals surface area (Å²) in [5, 5.41) is 0. The number of hydrogen-bond donors (Lipinski definition) is 1. The molecular formula is C19H18FN5O2. The average molecular weight is 367 g/mol. The van der Waals surface area contributed by atoms with E-state index in [1.165, 1.54) is 19.5 Å². The number of hydrogen-bond acceptors (Lipinski definition) is 6. The smallest absolute Gasteiger partial charge is 0.254 e. The zero-order valence-electron chi connectivity index (χ0n) is 14.8. The van der Waals surface area contributed by atoms with Crippen molar-refractivity contribution in [2.24, 2.45) is 0 Å². The van der Waals surface area contributed by atoms with Crippen molar-refractivity contribution in [1.29, 1.82) is 0 Å². The van der Waals surface area contributed by atoms with Gasteiger partial charge in [-0.15, -0.1) is 0 Å². The molecule has 0 unspecified atom stereocenters. The van der Waals surface area contributed by atoms with Crippen LogP contribution in [0.1, 0.15) is 16.8 Å². The van der Waals surface area contributed by atoms with Gasteiger partial charge < -0.3 is 9.72 Å². The fourth-order valence-electron chi connectivity index (χ4n) is 3.29. The molecule has 0 aliphatic carbocycles. The Kier molecular flexibility index (Phi) is 4.64. The lowest BCUT2D eigenvalue weighted by Gasteiger charge is -2.28. The maximum absolute atomic E-state index is 14.2. The van der Waals surface area contributed by atoms with Crippen molar-refractivity contribution in [2.75, 3.05) is 13.7 Å². The molecule has 1 aliphatic rings. The van der Waals surface area contributed by atoms with E-state index in [1.54, 1.807) is 24.5 Å². The third kappa shape index (κ3) is 3.43. The molecular weight excluding hydrogens is 349 g/mol. The first-order valence-corrected chi connectivity index (χ1v) is 8.57. The predicted octanol–water partition coefficient (Wildman–Crippen LogP) is 1.93. The number of ether oxygens (including phenoxy) is 1. The van der Waals surface area contributed by atoms with Gasteiger partial charge in [-0.25, -0.2) is 19.3 Å². The molecule has 2 aromatic heterocycles. The van der Waals surface area contributed by atoms with Crippen molar-refractivity contribution in [3.8, 4) is 17.1 Å². The lowest BCUT2D eigenvalue weighted by molar-refractivity contribution is 0.233. The normalized spacial score (nSPS) is 14.0. The fraction of sp³-hybridized carbons (Fsp3) is 0.263. The third-order valence-electron chi connectivity index (χ3n) is 4.66. The number of nitrogens with one attached hydrogen (secondary N) is 1. The number of benzene rings is 1. The maximum Gasteiger partial charge on any atom is 0.254 e. The molecule has 0 saturated heterocycles. The minimum Gasteiger partial charge on any atom is -0.496 e. The maximum atomic E-state index is 14.2. The van der Waals surface area contributed by atoms with Gasteiger partial charge in [0.2, 0.25) is 0 Å². The average Bonchev–Trinajstić information content (AvgIpc) is 2.70. The van der Waals surface area contributed by atoms with Gasteiger partial charge in [0.05, 0.1) is 18.4 Å². The summed E-state index contributed by atoms with van der Waals surface area (Å²) in [6.07, 6.45) is 5.18. The van der Waals surface area contributed by atoms with Gasteiger partial charge in [-0.3, -0.25) is 9.69 Å². The van der Waals surface area contributed by atoms with Crippen LogP contribution >= 0.6 is 0 Å². The van der Waals surface area contributed by atoms with Crippen LogP contribution in [0.15, 0.2) is 41.7 Å². The molecule has 0 saturated carbocycles. The molecule has 0 bridgehead atoms. The van der Waals surface area contributed by atoms with Gasteiger partial charge in [-0.05, 0) is 18.6 Å². The van der Waals surface area contributed by atoms with E-state index in [2.05, 4.69) is 24.8 Å². The Morgan fingerprint density at radius 1 is 1.30 bits per heavy atom. The SMILES string of the molecule is COc1cccc(F)c1CN1CCc2c(nc(-c3cncnc3)[nH]c2=O)C1. The Bertz CT molecular complexity index is 1020. The number of aromatic nitrogens is 4. The highest BCUT2D eigenvalue weighted by Crippen LogP contribution is 2.25. The highest BCUT2D eigenvalue weighted by atomic mass is 19.1. The molecule has 7 nitrogen and oxygen atoms in total. The standard InChI is InChI=1S/C19H18FN5O2/c1-27-17-4-2-3-15(20)14(17)9-25-6-5-13-16(10-25)23-18(24-19(13)26)12-7-21-11-22-8-12/h2-4,7-8,11H,5-6,9-10H2,1H3,(H,23,24,26). The Morgan fingerprint density at radius 2 is 2.11 bits per heavy atom. The highest BCUT2D eigenvalue weighted by molar-refractivity contribution is 5.52. The summed E-state index contributed by atoms with van der Waals surface area (Å²) in [6, 6.07) is 4.79. The van der Waals surface area contributed by atoms with Gasteiger partial charge in [0, 0.05) is 43.2 Å². The van der Waals surface area contributed by atoms with Gasteiger partial charge >= 0.3 is 0 Å². The zero-order valence-corrected chi connectivity index (χ0v) is 14.8. The molecule has 1 aliphatic heterocycles. The van der Waals surface area contributed by atoms with Crippen LogP contribution in [0.5, 0.6) is 5.75 Å². The first-order valence-electron chi connectivity index (χ1n) is 8.57. The van der Waals surface area contributed by atoms with E-state index < -0.39 is 0 Å². The molecule has 0 atom stereocenters. The van der Waals surface area contributed by atoms with Crippen LogP contribution in [0.4, 0.5) is 4.39 Å². The molecule has 8 heteroatoms. The Morgan fingerprint density at radius 3 is 2.89 bits per heavy atom. The number of H-pyrrole nitrogens is 1. The molecule has 3 heterocycles. The molecule has 0 radical (unpaired) electrons. The van der Waals surface area contributed by atoms with Crippen molar-refractivity contribution in [2.45, 2.75) is 19.5 Å². The molecule has 0 amide bonds. The number of methoxy groups -OCH3 is 1. The monoisotopic (exact) mass is 367 g/mol. The largest absolute Gasteiger partial charge is 0.496 e. The van der Waals surface area contributed by atoms with Crippen molar-refractivity contribution in [1.82, 2.24) is 24.8 Å². The summed E-state index contributed by atoms with van der Waals surface area (Å²) in [4.78, 5) is 29.8. The lowest BCUT2D eigenvalue weighted by atomic mass is 10.0. The molecule has 3 aromatic rings. The van der Waals surface area contributed by atoms with Gasteiger partial charge in [0.1, 0.15) is 23.7 Å². The van der Waals surface area contributed by atoms with E-state index in [4.69, 9.17) is 4.74 Å². The molecule has 0 fully saturated rings. The van der Waals surface area contributed by atoms with E-state index in [1.807, 2.05) is 0 Å². The topological polar surface area (TPSA) is 84.0 Å². The van der Waals surface area contributed by atoms with Crippen LogP contribution in [0, 0.1) is 5.82 Å². The van der Waals surface area contributed by atoms with Crippen molar-refractivity contribution >= 4 is 0 Å². The van der Waals surface area contributed by atoms with E-state index in [0.717, 1.165) is 0 Å². The van der Waals surface area contributed by atoms with E-state index in [-0.39, 0.29) is 11.4 Å². The summed E-state index contributed by atoms with van der Waals surface area (Å²) in [7, 11) is 1.53. The number of aromatic amines is 1. The molecule has 4 rings (SSSR count). The van der Waals surface area contributed by atoms with Crippen molar-refractivity contribution in [3.63, 3.8) is 0 Å². The molecule has 1 aromatic carbocycles. The van der Waals surface area contributed by atoms with Crippen LogP contribution in [-0.4, -0.2) is 38.5 Å². The van der Waals surface area contributed by atoms with Gasteiger partial charge in [0.25, 0.3) is 5.56 Å². The third-order valence-corrected chi connectivity index (χ3v) is 4.66. The van der Waals surface area contributed by atoms with Crippen molar-refractivity contribution < 1.29 is 9.13 Å². The summed E-state index contributed by atoms with van der Waals surface area (Å²) in [5.74, 6) is 0.646. The summed E-state index contributed by atoms with van der Waals surface area (Å²) in [5.41, 5.74) is 2.36. The number of halogens is 1. The summed E-state index contributed by atoms with van der Waals surface area (Å²) in [6.45, 7) is 1.48. The van der Waals surface area contributed by atoms with Crippen LogP contribution in [0.25, 0.3) is 11.4 Å². The van der Waals surface area contributed by atoms with E-state index >= 15 is 0 Å². The molecule has 1 N–H and O–H groups in total. The second-order valence-electron chi connectivity index (χ2n) is 6.35. The minimum atomic E-state index is -0.305. The Hall–Kier alpha value is -3.13. The fourth-order valence-corrected chi connectivity index (χ4v) is 3.29. The summed E-state index contributed by atoms with van der Waals surface area (Å²) >= 11 is 0. The first kappa shape index (κ1) is 17.3. The number of nitrogens with zero attached hydrogens (tertiary/aromatic N) is 4. The van der Waals surface area contributed by atoms with Gasteiger partial charge in [0.15, 0.2) is 0 Å². The lowest BCUT2D eigenvalue weighted by Crippen LogP contribution is -2.35. The van der Waals surface area contributed by atoms with E-state index in [9.17, 15) is 9.18 Å². The minimum absolute atomic E-state index is 0.151. The second-order valence-corrected chi connectivity index (χ2v) is 6.35. The highest BCUT2D eigenvalue weighted by Gasteiger charge is 2.23.